The van der Waals surface area contributed by atoms with Gasteiger partial charge in [0.2, 0.25) is 0 Å². The van der Waals surface area contributed by atoms with Gasteiger partial charge in [0, 0.05) is 11.6 Å². The Morgan fingerprint density at radius 2 is 2.07 bits per heavy atom. The molecule has 0 fully saturated rings. The van der Waals surface area contributed by atoms with Gasteiger partial charge in [0.15, 0.2) is 0 Å². The average molecular weight is 227 g/mol. The fourth-order valence-corrected chi connectivity index (χ4v) is 1.51. The number of nitrogens with zero attached hydrogens (tertiary/aromatic N) is 1. The Bertz CT molecular complexity index is 459. The lowest BCUT2D eigenvalue weighted by molar-refractivity contribution is 0.621. The molecule has 0 bridgehead atoms. The van der Waals surface area contributed by atoms with Crippen molar-refractivity contribution in [3.63, 3.8) is 0 Å². The molecule has 0 radical (unpaired) electrons. The zero-order valence-electron chi connectivity index (χ0n) is 8.11. The van der Waals surface area contributed by atoms with Crippen LogP contribution in [-0.2, 0) is 6.42 Å². The molecule has 0 atom stereocenters. The zero-order valence-corrected chi connectivity index (χ0v) is 8.93. The van der Waals surface area contributed by atoms with Crippen molar-refractivity contribution in [2.45, 2.75) is 6.42 Å². The van der Waals surface area contributed by atoms with Crippen LogP contribution in [-0.4, -0.2) is 11.5 Å². The first-order chi connectivity index (χ1) is 6.83. The molecule has 2 N–H and O–H groups in total. The van der Waals surface area contributed by atoms with E-state index in [1.165, 1.54) is 0 Å². The molecule has 0 saturated carbocycles. The summed E-state index contributed by atoms with van der Waals surface area (Å²) in [6.07, 6.45) is 2.22. The van der Waals surface area contributed by atoms with Gasteiger partial charge >= 0.3 is 0 Å². The molecule has 0 unspecified atom stereocenters. The van der Waals surface area contributed by atoms with Gasteiger partial charge in [-0.2, -0.15) is 0 Å². The Labute approximate surface area is 93.7 Å². The topological polar surface area (TPSA) is 38.9 Å². The zero-order chi connectivity index (χ0) is 9.97. The maximum absolute atomic E-state index is 13.8. The van der Waals surface area contributed by atoms with Crippen molar-refractivity contribution < 1.29 is 4.39 Å². The van der Waals surface area contributed by atoms with E-state index in [1.54, 1.807) is 24.4 Å². The summed E-state index contributed by atoms with van der Waals surface area (Å²) in [7, 11) is 0. The fraction of sp³-hybridized carbons (Fsp3) is 0.182. The summed E-state index contributed by atoms with van der Waals surface area (Å²) < 4.78 is 13.8. The van der Waals surface area contributed by atoms with E-state index in [4.69, 9.17) is 5.73 Å². The van der Waals surface area contributed by atoms with E-state index in [9.17, 15) is 4.39 Å². The smallest absolute Gasteiger partial charge is 0.135 e. The molecule has 0 aliphatic rings. The van der Waals surface area contributed by atoms with Crippen LogP contribution in [0.2, 0.25) is 0 Å². The second-order valence-electron chi connectivity index (χ2n) is 3.15. The minimum absolute atomic E-state index is 0. The second kappa shape index (κ2) is 5.05. The highest BCUT2D eigenvalue weighted by molar-refractivity contribution is 5.85. The molecule has 0 saturated heterocycles. The quantitative estimate of drug-likeness (QED) is 0.854. The van der Waals surface area contributed by atoms with Crippen LogP contribution in [0, 0.1) is 5.82 Å². The van der Waals surface area contributed by atoms with Crippen LogP contribution in [0.25, 0.3) is 10.9 Å². The molecule has 2 aromatic rings. The third-order valence-electron chi connectivity index (χ3n) is 2.21. The Kier molecular flexibility index (Phi) is 4.00. The van der Waals surface area contributed by atoms with Gasteiger partial charge in [-0.3, -0.25) is 4.98 Å². The van der Waals surface area contributed by atoms with Gasteiger partial charge in [0.1, 0.15) is 5.82 Å². The van der Waals surface area contributed by atoms with Crippen LogP contribution in [0.5, 0.6) is 0 Å². The summed E-state index contributed by atoms with van der Waals surface area (Å²) in [5.74, 6) is -0.193. The van der Waals surface area contributed by atoms with Crippen LogP contribution in [0.4, 0.5) is 4.39 Å². The van der Waals surface area contributed by atoms with Crippen LogP contribution in [0.1, 0.15) is 5.56 Å². The highest BCUT2D eigenvalue weighted by Gasteiger charge is 2.06. The average Bonchev–Trinajstić information content (AvgIpc) is 2.23. The van der Waals surface area contributed by atoms with E-state index >= 15 is 0 Å². The minimum atomic E-state index is -0.193. The number of hydrogen-bond donors (Lipinski definition) is 1. The highest BCUT2D eigenvalue weighted by atomic mass is 35.5. The summed E-state index contributed by atoms with van der Waals surface area (Å²) in [6, 6.07) is 7.04. The predicted octanol–water partition coefficient (Wildman–Crippen LogP) is 2.30. The van der Waals surface area contributed by atoms with E-state index in [0.717, 1.165) is 0 Å². The lowest BCUT2D eigenvalue weighted by Crippen LogP contribution is -2.04. The predicted molar refractivity (Wildman–Crippen MR) is 61.7 cm³/mol. The molecule has 0 aliphatic heterocycles. The second-order valence-corrected chi connectivity index (χ2v) is 3.15. The highest BCUT2D eigenvalue weighted by Crippen LogP contribution is 2.19. The van der Waals surface area contributed by atoms with Crippen molar-refractivity contribution in [1.82, 2.24) is 4.98 Å². The molecular formula is C11H12ClFN2. The normalized spacial score (nSPS) is 10.0. The number of fused-ring (bicyclic) bond motifs is 1. The third kappa shape index (κ3) is 2.25. The van der Waals surface area contributed by atoms with Crippen molar-refractivity contribution >= 4 is 23.3 Å². The largest absolute Gasteiger partial charge is 0.330 e. The van der Waals surface area contributed by atoms with Crippen molar-refractivity contribution in [1.29, 1.82) is 0 Å². The summed E-state index contributed by atoms with van der Waals surface area (Å²) in [5.41, 5.74) is 6.74. The van der Waals surface area contributed by atoms with Gasteiger partial charge in [-0.25, -0.2) is 4.39 Å². The Morgan fingerprint density at radius 3 is 2.80 bits per heavy atom. The molecule has 2 nitrogen and oxygen atoms in total. The fourth-order valence-electron chi connectivity index (χ4n) is 1.51. The van der Waals surface area contributed by atoms with Crippen molar-refractivity contribution in [3.05, 3.63) is 41.8 Å². The Balaban J connectivity index is 0.00000112. The monoisotopic (exact) mass is 226 g/mol. The molecule has 80 valence electrons. The summed E-state index contributed by atoms with van der Waals surface area (Å²) in [6.45, 7) is 0.461. The standard InChI is InChI=1S/C11H11FN2.ClH/c12-11-8(5-6-13)3-4-10-9(11)2-1-7-14-10;/h1-4,7H,5-6,13H2;1H. The van der Waals surface area contributed by atoms with Gasteiger partial charge in [0.05, 0.1) is 5.52 Å². The molecule has 0 amide bonds. The molecule has 1 aromatic carbocycles. The maximum atomic E-state index is 13.8. The Hall–Kier alpha value is -1.19. The van der Waals surface area contributed by atoms with Crippen LogP contribution in [0.3, 0.4) is 0 Å². The van der Waals surface area contributed by atoms with Crippen LogP contribution < -0.4 is 5.73 Å². The van der Waals surface area contributed by atoms with Gasteiger partial charge in [-0.05, 0) is 36.7 Å². The molecule has 2 rings (SSSR count). The maximum Gasteiger partial charge on any atom is 0.135 e. The van der Waals surface area contributed by atoms with Crippen LogP contribution in [0.15, 0.2) is 30.5 Å². The van der Waals surface area contributed by atoms with E-state index in [1.807, 2.05) is 6.07 Å². The number of pyridine rings is 1. The first-order valence-corrected chi connectivity index (χ1v) is 4.55. The number of halogens is 2. The Morgan fingerprint density at radius 1 is 1.27 bits per heavy atom. The van der Waals surface area contributed by atoms with Gasteiger partial charge in [0.25, 0.3) is 0 Å². The van der Waals surface area contributed by atoms with E-state index < -0.39 is 0 Å². The van der Waals surface area contributed by atoms with Gasteiger partial charge in [-0.1, -0.05) is 6.07 Å². The molecule has 15 heavy (non-hydrogen) atoms. The lowest BCUT2D eigenvalue weighted by Gasteiger charge is -2.04. The molecule has 4 heteroatoms. The van der Waals surface area contributed by atoms with Crippen LogP contribution >= 0.6 is 12.4 Å². The summed E-state index contributed by atoms with van der Waals surface area (Å²) in [4.78, 5) is 4.07. The molecular weight excluding hydrogens is 215 g/mol. The van der Waals surface area contributed by atoms with E-state index in [0.29, 0.717) is 29.4 Å². The number of aromatic nitrogens is 1. The SMILES string of the molecule is Cl.NCCc1ccc2ncccc2c1F. The van der Waals surface area contributed by atoms with E-state index in [2.05, 4.69) is 4.98 Å². The lowest BCUT2D eigenvalue weighted by atomic mass is 10.1. The number of benzene rings is 1. The van der Waals surface area contributed by atoms with Gasteiger partial charge in [-0.15, -0.1) is 12.4 Å². The molecule has 0 spiro atoms. The minimum Gasteiger partial charge on any atom is -0.330 e. The molecule has 1 aromatic heterocycles. The third-order valence-corrected chi connectivity index (χ3v) is 2.21. The van der Waals surface area contributed by atoms with Crippen molar-refractivity contribution in [2.75, 3.05) is 6.54 Å². The van der Waals surface area contributed by atoms with Crippen molar-refractivity contribution in [2.24, 2.45) is 5.73 Å². The van der Waals surface area contributed by atoms with Crippen molar-refractivity contribution in [3.8, 4) is 0 Å². The molecule has 1 heterocycles. The number of hydrogen-bond acceptors (Lipinski definition) is 2. The number of nitrogens with two attached hydrogens (primary N) is 1. The number of rotatable bonds is 2. The molecule has 0 aliphatic carbocycles. The van der Waals surface area contributed by atoms with Gasteiger partial charge < -0.3 is 5.73 Å². The van der Waals surface area contributed by atoms with E-state index in [-0.39, 0.29) is 18.2 Å². The first-order valence-electron chi connectivity index (χ1n) is 4.55. The summed E-state index contributed by atoms with van der Waals surface area (Å²) in [5, 5.41) is 0.568. The summed E-state index contributed by atoms with van der Waals surface area (Å²) >= 11 is 0. The first kappa shape index (κ1) is 11.9.